The van der Waals surface area contributed by atoms with Crippen LogP contribution in [0.4, 0.5) is 0 Å². The topological polar surface area (TPSA) is 75.7 Å². The van der Waals surface area contributed by atoms with Crippen LogP contribution in [-0.4, -0.2) is 50.6 Å². The van der Waals surface area contributed by atoms with E-state index in [1.165, 1.54) is 4.31 Å². The Morgan fingerprint density at radius 3 is 2.40 bits per heavy atom. The lowest BCUT2D eigenvalue weighted by Gasteiger charge is -2.15. The van der Waals surface area contributed by atoms with Crippen molar-refractivity contribution in [1.29, 1.82) is 0 Å². The van der Waals surface area contributed by atoms with Crippen molar-refractivity contribution in [2.24, 2.45) is 0 Å². The summed E-state index contributed by atoms with van der Waals surface area (Å²) in [5.41, 5.74) is 0. The molecule has 1 heterocycles. The van der Waals surface area contributed by atoms with Gasteiger partial charge in [0.25, 0.3) is 0 Å². The molecule has 0 aliphatic carbocycles. The summed E-state index contributed by atoms with van der Waals surface area (Å²) < 4.78 is 32.1. The zero-order chi connectivity index (χ0) is 21.4. The molecule has 0 bridgehead atoms. The molecule has 0 saturated carbocycles. The lowest BCUT2D eigenvalue weighted by atomic mass is 10.3. The average molecular weight is 469 g/mol. The van der Waals surface area contributed by atoms with Crippen LogP contribution in [0.3, 0.4) is 0 Å². The molecule has 3 rings (SSSR count). The van der Waals surface area contributed by atoms with Gasteiger partial charge in [-0.15, -0.1) is 11.8 Å². The van der Waals surface area contributed by atoms with Gasteiger partial charge in [0.05, 0.1) is 11.4 Å². The fourth-order valence-electron chi connectivity index (χ4n) is 3.03. The highest BCUT2D eigenvalue weighted by atomic mass is 35.5. The average Bonchev–Trinajstić information content (AvgIpc) is 3.29. The zero-order valence-electron chi connectivity index (χ0n) is 16.6. The van der Waals surface area contributed by atoms with Crippen LogP contribution in [0.2, 0.25) is 5.02 Å². The molecule has 162 valence electrons. The summed E-state index contributed by atoms with van der Waals surface area (Å²) in [6.45, 7) is 1.86. The lowest BCUT2D eigenvalue weighted by Crippen LogP contribution is -2.28. The number of hydrogen-bond donors (Lipinski definition) is 1. The van der Waals surface area contributed by atoms with Crippen molar-refractivity contribution < 1.29 is 17.9 Å². The zero-order valence-corrected chi connectivity index (χ0v) is 18.9. The minimum atomic E-state index is -3.41. The monoisotopic (exact) mass is 468 g/mol. The molecule has 30 heavy (non-hydrogen) atoms. The fourth-order valence-corrected chi connectivity index (χ4v) is 5.52. The number of amides is 1. The van der Waals surface area contributed by atoms with E-state index in [9.17, 15) is 13.2 Å². The van der Waals surface area contributed by atoms with Gasteiger partial charge in [-0.1, -0.05) is 11.6 Å². The number of carbonyl (C=O) groups excluding carboxylic acids is 1. The van der Waals surface area contributed by atoms with E-state index in [1.54, 1.807) is 36.0 Å². The predicted octanol–water partition coefficient (Wildman–Crippen LogP) is 3.80. The maximum atomic E-state index is 12.5. The van der Waals surface area contributed by atoms with Crippen molar-refractivity contribution in [2.75, 3.05) is 32.0 Å². The van der Waals surface area contributed by atoms with E-state index in [4.69, 9.17) is 16.3 Å². The number of hydrogen-bond acceptors (Lipinski definition) is 5. The third-order valence-electron chi connectivity index (χ3n) is 4.63. The van der Waals surface area contributed by atoms with Gasteiger partial charge < -0.3 is 10.1 Å². The number of ether oxygens (including phenoxy) is 1. The number of nitrogens with zero attached hydrogens (tertiary/aromatic N) is 1. The second-order valence-electron chi connectivity index (χ2n) is 6.83. The van der Waals surface area contributed by atoms with Gasteiger partial charge >= 0.3 is 0 Å². The van der Waals surface area contributed by atoms with Gasteiger partial charge in [-0.25, -0.2) is 8.42 Å². The highest BCUT2D eigenvalue weighted by Crippen LogP contribution is 2.23. The molecule has 0 spiro atoms. The van der Waals surface area contributed by atoms with Crippen LogP contribution in [0, 0.1) is 0 Å². The van der Waals surface area contributed by atoms with Crippen LogP contribution in [0.15, 0.2) is 58.3 Å². The molecular weight excluding hydrogens is 444 g/mol. The maximum absolute atomic E-state index is 12.5. The number of rotatable bonds is 10. The second-order valence-corrected chi connectivity index (χ2v) is 10.4. The highest BCUT2D eigenvalue weighted by Gasteiger charge is 2.26. The number of halogens is 1. The smallest absolute Gasteiger partial charge is 0.243 e. The van der Waals surface area contributed by atoms with E-state index in [0.717, 1.165) is 17.7 Å². The molecule has 2 aromatic carbocycles. The third kappa shape index (κ3) is 6.63. The minimum Gasteiger partial charge on any atom is -0.492 e. The van der Waals surface area contributed by atoms with Crippen LogP contribution in [0.1, 0.15) is 19.3 Å². The summed E-state index contributed by atoms with van der Waals surface area (Å²) in [7, 11) is -3.41. The number of benzene rings is 2. The first-order valence-corrected chi connectivity index (χ1v) is 12.6. The van der Waals surface area contributed by atoms with Gasteiger partial charge in [-0.2, -0.15) is 4.31 Å². The van der Waals surface area contributed by atoms with Crippen molar-refractivity contribution in [3.63, 3.8) is 0 Å². The van der Waals surface area contributed by atoms with E-state index in [1.807, 2.05) is 24.3 Å². The van der Waals surface area contributed by atoms with Crippen molar-refractivity contribution in [2.45, 2.75) is 29.1 Å². The Kier molecular flexibility index (Phi) is 8.44. The van der Waals surface area contributed by atoms with Crippen molar-refractivity contribution >= 4 is 39.3 Å². The molecule has 1 aliphatic rings. The van der Waals surface area contributed by atoms with E-state index < -0.39 is 10.0 Å². The Balaban J connectivity index is 1.34. The molecule has 1 aliphatic heterocycles. The van der Waals surface area contributed by atoms with Crippen molar-refractivity contribution in [3.8, 4) is 5.75 Å². The number of carbonyl (C=O) groups is 1. The van der Waals surface area contributed by atoms with Crippen LogP contribution in [-0.2, 0) is 14.8 Å². The third-order valence-corrected chi connectivity index (χ3v) is 7.81. The first-order valence-electron chi connectivity index (χ1n) is 9.83. The summed E-state index contributed by atoms with van der Waals surface area (Å²) in [5.74, 6) is 1.22. The number of nitrogens with one attached hydrogen (secondary N) is 1. The number of thioether (sulfide) groups is 1. The fraction of sp³-hybridized carbons (Fsp3) is 0.381. The molecule has 9 heteroatoms. The minimum absolute atomic E-state index is 0.0351. The van der Waals surface area contributed by atoms with E-state index >= 15 is 0 Å². The molecule has 0 aromatic heterocycles. The Morgan fingerprint density at radius 2 is 1.73 bits per heavy atom. The Labute approximate surface area is 187 Å². The quantitative estimate of drug-likeness (QED) is 0.424. The Hall–Kier alpha value is -1.74. The van der Waals surface area contributed by atoms with Gasteiger partial charge in [0.1, 0.15) is 12.4 Å². The SMILES string of the molecule is O=C(CCSc1ccc(Cl)cc1)NCCOc1ccc(S(=O)(=O)N2CCCC2)cc1. The van der Waals surface area contributed by atoms with Gasteiger partial charge in [0.2, 0.25) is 15.9 Å². The van der Waals surface area contributed by atoms with Crippen molar-refractivity contribution in [1.82, 2.24) is 9.62 Å². The second kappa shape index (κ2) is 11.0. The van der Waals surface area contributed by atoms with Crippen LogP contribution in [0.25, 0.3) is 0 Å². The molecular formula is C21H25ClN2O4S2. The molecule has 6 nitrogen and oxygen atoms in total. The van der Waals surface area contributed by atoms with Gasteiger partial charge in [-0.3, -0.25) is 4.79 Å². The molecule has 0 atom stereocenters. The summed E-state index contributed by atoms with van der Waals surface area (Å²) in [5, 5.41) is 3.51. The van der Waals surface area contributed by atoms with E-state index in [-0.39, 0.29) is 10.8 Å². The molecule has 1 saturated heterocycles. The maximum Gasteiger partial charge on any atom is 0.243 e. The molecule has 1 fully saturated rings. The van der Waals surface area contributed by atoms with Crippen LogP contribution < -0.4 is 10.1 Å². The predicted molar refractivity (Wildman–Crippen MR) is 120 cm³/mol. The van der Waals surface area contributed by atoms with Gasteiger partial charge in [0, 0.05) is 35.2 Å². The first-order chi connectivity index (χ1) is 14.4. The molecule has 2 aromatic rings. The van der Waals surface area contributed by atoms with Gasteiger partial charge in [0.15, 0.2) is 0 Å². The summed E-state index contributed by atoms with van der Waals surface area (Å²) >= 11 is 7.45. The van der Waals surface area contributed by atoms with Crippen LogP contribution >= 0.6 is 23.4 Å². The van der Waals surface area contributed by atoms with Crippen LogP contribution in [0.5, 0.6) is 5.75 Å². The normalized spacial score (nSPS) is 14.6. The highest BCUT2D eigenvalue weighted by molar-refractivity contribution is 7.99. The lowest BCUT2D eigenvalue weighted by molar-refractivity contribution is -0.120. The van der Waals surface area contributed by atoms with Crippen molar-refractivity contribution in [3.05, 3.63) is 53.6 Å². The van der Waals surface area contributed by atoms with E-state index in [2.05, 4.69) is 5.32 Å². The Morgan fingerprint density at radius 1 is 1.07 bits per heavy atom. The van der Waals surface area contributed by atoms with E-state index in [0.29, 0.717) is 49.2 Å². The first kappa shape index (κ1) is 22.9. The summed E-state index contributed by atoms with van der Waals surface area (Å²) in [6, 6.07) is 13.9. The molecule has 1 amide bonds. The number of sulfonamides is 1. The molecule has 1 N–H and O–H groups in total. The molecule has 0 unspecified atom stereocenters. The Bertz CT molecular complexity index is 928. The molecule has 0 radical (unpaired) electrons. The summed E-state index contributed by atoms with van der Waals surface area (Å²) in [4.78, 5) is 13.3. The largest absolute Gasteiger partial charge is 0.492 e. The van der Waals surface area contributed by atoms with Gasteiger partial charge in [-0.05, 0) is 61.4 Å². The standard InChI is InChI=1S/C21H25ClN2O4S2/c22-17-3-7-19(8-4-17)29-16-11-21(25)23-12-15-28-18-5-9-20(10-6-18)30(26,27)24-13-1-2-14-24/h3-10H,1-2,11-16H2,(H,23,25). The summed E-state index contributed by atoms with van der Waals surface area (Å²) in [6.07, 6.45) is 2.23.